The number of rotatable bonds is 6. The highest BCUT2D eigenvalue weighted by molar-refractivity contribution is 5.84. The summed E-state index contributed by atoms with van der Waals surface area (Å²) < 4.78 is 5.33. The first kappa shape index (κ1) is 23.9. The van der Waals surface area contributed by atoms with E-state index in [1.165, 1.54) is 25.7 Å². The number of fused-ring (bicyclic) bond motifs is 5. The van der Waals surface area contributed by atoms with Gasteiger partial charge in [0.15, 0.2) is 5.78 Å². The fraction of sp³-hybridized carbons (Fsp3) is 0.750. The van der Waals surface area contributed by atoms with Crippen molar-refractivity contribution in [3.8, 4) is 0 Å². The topological polar surface area (TPSA) is 97.3 Å². The molecule has 1 aromatic rings. The van der Waals surface area contributed by atoms with Crippen LogP contribution in [-0.4, -0.2) is 36.8 Å². The SMILES string of the molecule is COCC1(O)CCC2C(CCC3C2CCC2(C)C(C(=O)CN=Nc4ccccc4N)CCC32)C1. The van der Waals surface area contributed by atoms with E-state index in [9.17, 15) is 9.90 Å². The number of azo groups is 1. The second-order valence-corrected chi connectivity index (χ2v) is 11.9. The number of hydrogen-bond donors (Lipinski definition) is 2. The second kappa shape index (κ2) is 9.34. The Morgan fingerprint density at radius 2 is 1.88 bits per heavy atom. The summed E-state index contributed by atoms with van der Waals surface area (Å²) in [6.07, 6.45) is 9.89. The van der Waals surface area contributed by atoms with Crippen molar-refractivity contribution in [2.45, 2.75) is 70.3 Å². The molecule has 0 aliphatic heterocycles. The van der Waals surface area contributed by atoms with Gasteiger partial charge in [-0.1, -0.05) is 19.1 Å². The lowest BCUT2D eigenvalue weighted by Gasteiger charge is -2.57. The normalized spacial score (nSPS) is 41.6. The van der Waals surface area contributed by atoms with Crippen LogP contribution in [0.5, 0.6) is 0 Å². The third kappa shape index (κ3) is 4.21. The van der Waals surface area contributed by atoms with E-state index in [0.717, 1.165) is 49.9 Å². The van der Waals surface area contributed by atoms with E-state index in [1.807, 2.05) is 18.2 Å². The molecule has 6 heteroatoms. The molecule has 0 amide bonds. The summed E-state index contributed by atoms with van der Waals surface area (Å²) in [5.74, 6) is 3.85. The molecule has 0 aromatic heterocycles. The quantitative estimate of drug-likeness (QED) is 0.422. The molecule has 6 nitrogen and oxygen atoms in total. The maximum absolute atomic E-state index is 13.3. The number of aliphatic hydroxyl groups is 1. The number of para-hydroxylation sites is 1. The number of hydrogen-bond acceptors (Lipinski definition) is 6. The highest BCUT2D eigenvalue weighted by Crippen LogP contribution is 2.64. The van der Waals surface area contributed by atoms with Gasteiger partial charge in [-0.25, -0.2) is 0 Å². The third-order valence-electron chi connectivity index (χ3n) is 10.2. The van der Waals surface area contributed by atoms with E-state index in [-0.39, 0.29) is 23.7 Å². The molecule has 8 unspecified atom stereocenters. The molecular formula is C28H41N3O3. The largest absolute Gasteiger partial charge is 0.397 e. The van der Waals surface area contributed by atoms with Gasteiger partial charge in [-0.15, -0.1) is 0 Å². The van der Waals surface area contributed by atoms with Crippen molar-refractivity contribution in [3.63, 3.8) is 0 Å². The van der Waals surface area contributed by atoms with Crippen molar-refractivity contribution in [2.75, 3.05) is 26.0 Å². The van der Waals surface area contributed by atoms with Crippen molar-refractivity contribution in [1.82, 2.24) is 0 Å². The Kier molecular flexibility index (Phi) is 6.58. The van der Waals surface area contributed by atoms with Crippen LogP contribution in [0.1, 0.15) is 64.7 Å². The highest BCUT2D eigenvalue weighted by atomic mass is 16.5. The number of nitrogen functional groups attached to an aromatic ring is 1. The number of anilines is 1. The average molecular weight is 468 g/mol. The molecular weight excluding hydrogens is 426 g/mol. The van der Waals surface area contributed by atoms with E-state index < -0.39 is 5.60 Å². The number of carbonyl (C=O) groups is 1. The Balaban J connectivity index is 1.24. The molecule has 1 aromatic carbocycles. The zero-order valence-corrected chi connectivity index (χ0v) is 20.8. The zero-order valence-electron chi connectivity index (χ0n) is 20.8. The van der Waals surface area contributed by atoms with Gasteiger partial charge in [0.05, 0.1) is 17.9 Å². The summed E-state index contributed by atoms with van der Waals surface area (Å²) in [6, 6.07) is 7.38. The van der Waals surface area contributed by atoms with E-state index in [2.05, 4.69) is 17.2 Å². The average Bonchev–Trinajstić information content (AvgIpc) is 3.17. The fourth-order valence-electron chi connectivity index (χ4n) is 8.76. The lowest BCUT2D eigenvalue weighted by molar-refractivity contribution is -0.135. The van der Waals surface area contributed by atoms with Gasteiger partial charge in [0, 0.05) is 13.0 Å². The molecule has 0 saturated heterocycles. The standard InChI is InChI=1S/C28H41N3O3/c1-27-13-11-20-19-12-14-28(33,17-34-2)15-18(19)7-8-21(20)22(27)9-10-23(27)26(32)16-30-31-25-6-4-3-5-24(25)29/h3-6,18-23,33H,7-17,29H2,1-2H3. The van der Waals surface area contributed by atoms with Crippen LogP contribution in [0.15, 0.2) is 34.5 Å². The van der Waals surface area contributed by atoms with Crippen LogP contribution in [0.2, 0.25) is 0 Å². The predicted molar refractivity (Wildman–Crippen MR) is 133 cm³/mol. The summed E-state index contributed by atoms with van der Waals surface area (Å²) in [4.78, 5) is 13.3. The van der Waals surface area contributed by atoms with Gasteiger partial charge in [0.25, 0.3) is 0 Å². The smallest absolute Gasteiger partial charge is 0.159 e. The first-order valence-corrected chi connectivity index (χ1v) is 13.3. The van der Waals surface area contributed by atoms with Crippen LogP contribution in [0.4, 0.5) is 11.4 Å². The molecule has 0 spiro atoms. The van der Waals surface area contributed by atoms with Crippen LogP contribution in [0.3, 0.4) is 0 Å². The van der Waals surface area contributed by atoms with E-state index in [1.54, 1.807) is 13.2 Å². The maximum Gasteiger partial charge on any atom is 0.159 e. The summed E-state index contributed by atoms with van der Waals surface area (Å²) in [6.45, 7) is 3.00. The van der Waals surface area contributed by atoms with Gasteiger partial charge in [0.1, 0.15) is 12.2 Å². The molecule has 4 aliphatic rings. The van der Waals surface area contributed by atoms with Gasteiger partial charge in [-0.05, 0) is 105 Å². The minimum atomic E-state index is -0.629. The molecule has 3 N–H and O–H groups in total. The first-order valence-electron chi connectivity index (χ1n) is 13.3. The summed E-state index contributed by atoms with van der Waals surface area (Å²) in [7, 11) is 1.69. The molecule has 8 atom stereocenters. The van der Waals surface area contributed by atoms with Crippen molar-refractivity contribution < 1.29 is 14.6 Å². The Morgan fingerprint density at radius 1 is 1.09 bits per heavy atom. The van der Waals surface area contributed by atoms with Crippen LogP contribution in [0.25, 0.3) is 0 Å². The van der Waals surface area contributed by atoms with Crippen molar-refractivity contribution >= 4 is 17.2 Å². The first-order chi connectivity index (χ1) is 16.3. The van der Waals surface area contributed by atoms with Gasteiger partial charge in [0.2, 0.25) is 0 Å². The summed E-state index contributed by atoms with van der Waals surface area (Å²) >= 11 is 0. The van der Waals surface area contributed by atoms with Crippen molar-refractivity contribution in [2.24, 2.45) is 51.2 Å². The monoisotopic (exact) mass is 467 g/mol. The van der Waals surface area contributed by atoms with Crippen molar-refractivity contribution in [3.05, 3.63) is 24.3 Å². The molecule has 0 bridgehead atoms. The molecule has 5 rings (SSSR count). The van der Waals surface area contributed by atoms with Crippen LogP contribution in [-0.2, 0) is 9.53 Å². The molecule has 34 heavy (non-hydrogen) atoms. The number of carbonyl (C=O) groups excluding carboxylic acids is 1. The van der Waals surface area contributed by atoms with Crippen LogP contribution >= 0.6 is 0 Å². The van der Waals surface area contributed by atoms with Crippen LogP contribution in [0, 0.1) is 40.9 Å². The van der Waals surface area contributed by atoms with Gasteiger partial charge < -0.3 is 15.6 Å². The fourth-order valence-corrected chi connectivity index (χ4v) is 8.76. The summed E-state index contributed by atoms with van der Waals surface area (Å²) in [5.41, 5.74) is 6.63. The third-order valence-corrected chi connectivity index (χ3v) is 10.2. The Bertz CT molecular complexity index is 935. The number of Topliss-reactive ketones (excluding diaryl/α,β-unsaturated/α-hetero) is 1. The minimum Gasteiger partial charge on any atom is -0.397 e. The molecule has 0 heterocycles. The van der Waals surface area contributed by atoms with Gasteiger partial charge >= 0.3 is 0 Å². The van der Waals surface area contributed by atoms with E-state index in [4.69, 9.17) is 10.5 Å². The minimum absolute atomic E-state index is 0.0951. The molecule has 4 saturated carbocycles. The van der Waals surface area contributed by atoms with Crippen molar-refractivity contribution in [1.29, 1.82) is 0 Å². The Hall–Kier alpha value is -1.79. The van der Waals surface area contributed by atoms with Crippen LogP contribution < -0.4 is 5.73 Å². The predicted octanol–water partition coefficient (Wildman–Crippen LogP) is 5.57. The van der Waals surface area contributed by atoms with E-state index >= 15 is 0 Å². The number of methoxy groups -OCH3 is 1. The Morgan fingerprint density at radius 3 is 2.68 bits per heavy atom. The summed E-state index contributed by atoms with van der Waals surface area (Å²) in [5, 5.41) is 19.4. The molecule has 4 fully saturated rings. The lowest BCUT2D eigenvalue weighted by Crippen LogP contribution is -2.52. The number of nitrogens with two attached hydrogens (primary N) is 1. The molecule has 0 radical (unpaired) electrons. The van der Waals surface area contributed by atoms with E-state index in [0.29, 0.717) is 29.8 Å². The van der Waals surface area contributed by atoms with Gasteiger partial charge in [-0.3, -0.25) is 4.79 Å². The Labute approximate surface area is 203 Å². The second-order valence-electron chi connectivity index (χ2n) is 11.9. The molecule has 4 aliphatic carbocycles. The highest BCUT2D eigenvalue weighted by Gasteiger charge is 2.58. The number of benzene rings is 1. The lowest BCUT2D eigenvalue weighted by atomic mass is 9.49. The maximum atomic E-state index is 13.3. The van der Waals surface area contributed by atoms with Gasteiger partial charge in [-0.2, -0.15) is 10.2 Å². The number of ether oxygens (including phenoxy) is 1. The number of ketones is 1. The number of nitrogens with zero attached hydrogens (tertiary/aromatic N) is 2. The zero-order chi connectivity index (χ0) is 23.9. The molecule has 186 valence electrons.